The number of terminal acetylenes is 1. The van der Waals surface area contributed by atoms with Gasteiger partial charge in [0.15, 0.2) is 0 Å². The molecule has 0 spiro atoms. The zero-order valence-electron chi connectivity index (χ0n) is 22.9. The summed E-state index contributed by atoms with van der Waals surface area (Å²) in [5.41, 5.74) is 0.797. The van der Waals surface area contributed by atoms with E-state index in [0.717, 1.165) is 24.2 Å². The largest absolute Gasteiger partial charge is 0.491 e. The molecule has 2 bridgehead atoms. The van der Waals surface area contributed by atoms with Crippen LogP contribution < -0.4 is 10.1 Å². The molecule has 2 fully saturated rings. The van der Waals surface area contributed by atoms with Crippen molar-refractivity contribution in [1.82, 2.24) is 10.2 Å². The maximum absolute atomic E-state index is 8.96. The summed E-state index contributed by atoms with van der Waals surface area (Å²) >= 11 is 0. The van der Waals surface area contributed by atoms with Crippen molar-refractivity contribution >= 4 is 11.7 Å². The van der Waals surface area contributed by atoms with Gasteiger partial charge in [0, 0.05) is 29.6 Å². The van der Waals surface area contributed by atoms with Gasteiger partial charge in [0.25, 0.3) is 0 Å². The van der Waals surface area contributed by atoms with Crippen LogP contribution in [0.15, 0.2) is 24.3 Å². The Morgan fingerprint density at radius 1 is 0.895 bits per heavy atom. The fraction of sp³-hybridized carbons (Fsp3) is 0.655. The summed E-state index contributed by atoms with van der Waals surface area (Å²) in [5, 5.41) is 21.4. The van der Waals surface area contributed by atoms with Gasteiger partial charge in [-0.1, -0.05) is 19.8 Å². The van der Waals surface area contributed by atoms with Gasteiger partial charge in [-0.3, -0.25) is 10.8 Å². The lowest BCUT2D eigenvalue weighted by Gasteiger charge is -2.40. The van der Waals surface area contributed by atoms with Crippen molar-refractivity contribution in [2.75, 3.05) is 59.5 Å². The highest BCUT2D eigenvalue weighted by molar-refractivity contribution is 6.07. The van der Waals surface area contributed by atoms with Gasteiger partial charge in [-0.2, -0.15) is 0 Å². The van der Waals surface area contributed by atoms with Crippen molar-refractivity contribution in [3.8, 4) is 18.1 Å². The van der Waals surface area contributed by atoms with Gasteiger partial charge in [0.05, 0.1) is 46.2 Å². The van der Waals surface area contributed by atoms with Crippen LogP contribution in [0.3, 0.4) is 0 Å². The predicted octanol–water partition coefficient (Wildman–Crippen LogP) is 3.31. The molecule has 38 heavy (non-hydrogen) atoms. The minimum absolute atomic E-state index is 0.0638. The van der Waals surface area contributed by atoms with Crippen molar-refractivity contribution < 1.29 is 23.7 Å². The number of hydrogen-bond donors (Lipinski definition) is 3. The van der Waals surface area contributed by atoms with Gasteiger partial charge in [-0.15, -0.1) is 6.42 Å². The summed E-state index contributed by atoms with van der Waals surface area (Å²) in [6, 6.07) is 8.78. The lowest BCUT2D eigenvalue weighted by atomic mass is 9.95. The molecule has 2 unspecified atom stereocenters. The van der Waals surface area contributed by atoms with Crippen LogP contribution in [0.1, 0.15) is 45.1 Å². The van der Waals surface area contributed by atoms with Crippen molar-refractivity contribution in [2.24, 2.45) is 5.92 Å². The molecule has 210 valence electrons. The molecule has 0 saturated carbocycles. The second-order valence-electron chi connectivity index (χ2n) is 9.99. The third kappa shape index (κ3) is 9.68. The first kappa shape index (κ1) is 30.1. The molecule has 0 aliphatic carbocycles. The molecule has 1 aromatic rings. The number of rotatable bonds is 17. The van der Waals surface area contributed by atoms with E-state index in [4.69, 9.17) is 40.9 Å². The minimum Gasteiger partial charge on any atom is -0.491 e. The monoisotopic (exact) mass is 528 g/mol. The van der Waals surface area contributed by atoms with Crippen LogP contribution in [0.2, 0.25) is 0 Å². The fourth-order valence-electron chi connectivity index (χ4n) is 4.87. The molecule has 0 aromatic heterocycles. The molecule has 3 N–H and O–H groups in total. The normalized spacial score (nSPS) is 20.3. The Morgan fingerprint density at radius 3 is 1.95 bits per heavy atom. The van der Waals surface area contributed by atoms with E-state index in [-0.39, 0.29) is 12.0 Å². The first-order valence-electron chi connectivity index (χ1n) is 13.7. The highest BCUT2D eigenvalue weighted by atomic mass is 16.6. The standard InChI is InChI=1S/C29H44N4O5/c1-4-11-34-12-13-35-14-15-36-16-17-37-18-19-38-27-9-5-23(6-10-27)29(31)33(28(30)22(2)3)26-20-24-7-8-25(21-26)32-24/h1,5-6,9-10,22,24-26,30-32H,7-8,11-21H2,2-3H3. The number of fused-ring (bicyclic) bond motifs is 2. The van der Waals surface area contributed by atoms with Crippen LogP contribution in [0.4, 0.5) is 0 Å². The Hall–Kier alpha value is -2.48. The van der Waals surface area contributed by atoms with Crippen LogP contribution in [-0.4, -0.2) is 94.2 Å². The number of nitrogens with zero attached hydrogens (tertiary/aromatic N) is 1. The van der Waals surface area contributed by atoms with Crippen LogP contribution in [0.5, 0.6) is 5.75 Å². The highest BCUT2D eigenvalue weighted by Crippen LogP contribution is 2.31. The highest BCUT2D eigenvalue weighted by Gasteiger charge is 2.38. The number of benzene rings is 1. The number of piperidine rings is 1. The number of nitrogens with one attached hydrogen (secondary N) is 3. The maximum Gasteiger partial charge on any atom is 0.133 e. The van der Waals surface area contributed by atoms with Crippen LogP contribution in [0, 0.1) is 29.1 Å². The van der Waals surface area contributed by atoms with Gasteiger partial charge >= 0.3 is 0 Å². The smallest absolute Gasteiger partial charge is 0.133 e. The summed E-state index contributed by atoms with van der Waals surface area (Å²) in [6.07, 6.45) is 9.45. The second-order valence-corrected chi connectivity index (χ2v) is 9.99. The van der Waals surface area contributed by atoms with Crippen molar-refractivity contribution in [1.29, 1.82) is 10.8 Å². The van der Waals surface area contributed by atoms with E-state index < -0.39 is 0 Å². The molecule has 1 aromatic carbocycles. The summed E-state index contributed by atoms with van der Waals surface area (Å²) in [4.78, 5) is 1.96. The van der Waals surface area contributed by atoms with Crippen LogP contribution >= 0.6 is 0 Å². The summed E-state index contributed by atoms with van der Waals surface area (Å²) in [5.74, 6) is 4.11. The van der Waals surface area contributed by atoms with E-state index in [2.05, 4.69) is 11.2 Å². The van der Waals surface area contributed by atoms with Gasteiger partial charge in [-0.25, -0.2) is 0 Å². The molecule has 2 aliphatic heterocycles. The molecule has 9 nitrogen and oxygen atoms in total. The Labute approximate surface area is 227 Å². The Morgan fingerprint density at radius 2 is 1.42 bits per heavy atom. The Kier molecular flexibility index (Phi) is 13.0. The molecular formula is C29H44N4O5. The van der Waals surface area contributed by atoms with Crippen molar-refractivity contribution in [2.45, 2.75) is 57.7 Å². The molecule has 3 rings (SSSR count). The van der Waals surface area contributed by atoms with Gasteiger partial charge < -0.3 is 33.9 Å². The lowest BCUT2D eigenvalue weighted by Crippen LogP contribution is -2.53. The van der Waals surface area contributed by atoms with Crippen LogP contribution in [-0.2, 0) is 18.9 Å². The average molecular weight is 529 g/mol. The van der Waals surface area contributed by atoms with Crippen molar-refractivity contribution in [3.63, 3.8) is 0 Å². The lowest BCUT2D eigenvalue weighted by molar-refractivity contribution is -0.00187. The third-order valence-electron chi connectivity index (χ3n) is 6.79. The molecule has 2 aliphatic rings. The van der Waals surface area contributed by atoms with Crippen LogP contribution in [0.25, 0.3) is 0 Å². The topological polar surface area (TPSA) is 109 Å². The molecule has 0 radical (unpaired) electrons. The molecule has 2 saturated heterocycles. The van der Waals surface area contributed by atoms with E-state index in [1.54, 1.807) is 0 Å². The van der Waals surface area contributed by atoms with Gasteiger partial charge in [0.2, 0.25) is 0 Å². The summed E-state index contributed by atoms with van der Waals surface area (Å²) < 4.78 is 27.3. The van der Waals surface area contributed by atoms with Gasteiger partial charge in [0.1, 0.15) is 30.6 Å². The first-order valence-corrected chi connectivity index (χ1v) is 13.7. The SMILES string of the molecule is C#CCOCCOCCOCCOCCOc1ccc(C(=N)N(C(=N)C(C)C)C2CC3CCC(C2)N3)cc1. The minimum atomic E-state index is 0.0638. The molecule has 2 atom stereocenters. The first-order chi connectivity index (χ1) is 18.5. The Balaban J connectivity index is 1.33. The zero-order valence-corrected chi connectivity index (χ0v) is 22.9. The van der Waals surface area contributed by atoms with Crippen molar-refractivity contribution in [3.05, 3.63) is 29.8 Å². The average Bonchev–Trinajstić information content (AvgIpc) is 3.26. The number of ether oxygens (including phenoxy) is 5. The summed E-state index contributed by atoms with van der Waals surface area (Å²) in [6.45, 7) is 8.22. The molecule has 2 heterocycles. The summed E-state index contributed by atoms with van der Waals surface area (Å²) in [7, 11) is 0. The van der Waals surface area contributed by atoms with E-state index in [1.807, 2.05) is 43.0 Å². The van der Waals surface area contributed by atoms with E-state index in [1.165, 1.54) is 12.8 Å². The predicted molar refractivity (Wildman–Crippen MR) is 148 cm³/mol. The zero-order chi connectivity index (χ0) is 27.2. The van der Waals surface area contributed by atoms with Gasteiger partial charge in [-0.05, 0) is 49.9 Å². The molecule has 0 amide bonds. The number of hydrogen-bond acceptors (Lipinski definition) is 8. The second kappa shape index (κ2) is 16.5. The number of amidine groups is 2. The third-order valence-corrected chi connectivity index (χ3v) is 6.79. The Bertz CT molecular complexity index is 889. The quantitative estimate of drug-likeness (QED) is 0.123. The van der Waals surface area contributed by atoms with E-state index in [9.17, 15) is 0 Å². The maximum atomic E-state index is 8.96. The molecular weight excluding hydrogens is 484 g/mol. The van der Waals surface area contributed by atoms with E-state index in [0.29, 0.717) is 83.2 Å². The fourth-order valence-corrected chi connectivity index (χ4v) is 4.87. The van der Waals surface area contributed by atoms with E-state index >= 15 is 0 Å². The molecule has 9 heteroatoms.